The molecule has 0 atom stereocenters. The van der Waals surface area contributed by atoms with Gasteiger partial charge in [0.05, 0.1) is 18.0 Å². The Morgan fingerprint density at radius 3 is 2.22 bits per heavy atom. The van der Waals surface area contributed by atoms with Crippen molar-refractivity contribution in [3.8, 4) is 16.9 Å². The predicted octanol–water partition coefficient (Wildman–Crippen LogP) is 11.4. The Kier molecular flexibility index (Phi) is 8.18. The summed E-state index contributed by atoms with van der Waals surface area (Å²) in [5.74, 6) is 1.62. The smallest absolute Gasteiger partial charge is 0.355 e. The van der Waals surface area contributed by atoms with Crippen molar-refractivity contribution in [3.63, 3.8) is 0 Å². The Morgan fingerprint density at radius 2 is 1.45 bits per heavy atom. The van der Waals surface area contributed by atoms with Crippen molar-refractivity contribution >= 4 is 50.6 Å². The number of aromatic nitrogens is 2. The van der Waals surface area contributed by atoms with Crippen LogP contribution in [0.2, 0.25) is 0 Å². The van der Waals surface area contributed by atoms with Gasteiger partial charge in [-0.25, -0.2) is 4.98 Å². The van der Waals surface area contributed by atoms with E-state index in [1.807, 2.05) is 53.6 Å². The third-order valence-electron chi connectivity index (χ3n) is 9.20. The topological polar surface area (TPSA) is 24.3 Å². The van der Waals surface area contributed by atoms with Crippen LogP contribution in [-0.2, 0) is 21.1 Å². The summed E-state index contributed by atoms with van der Waals surface area (Å²) in [6.45, 7) is 7.02. The van der Waals surface area contributed by atoms with Gasteiger partial charge in [0.25, 0.3) is 0 Å². The Balaban J connectivity index is 0.00000420. The molecule has 0 bridgehead atoms. The van der Waals surface area contributed by atoms with E-state index in [1.54, 1.807) is 11.8 Å². The van der Waals surface area contributed by atoms with Crippen molar-refractivity contribution in [2.75, 3.05) is 23.4 Å². The minimum Gasteiger partial charge on any atom is -0.355 e. The summed E-state index contributed by atoms with van der Waals surface area (Å²) in [4.78, 5) is 10.3. The van der Waals surface area contributed by atoms with Crippen LogP contribution in [0.4, 0.5) is 17.1 Å². The molecule has 6 heteroatoms. The second-order valence-corrected chi connectivity index (χ2v) is 14.0. The van der Waals surface area contributed by atoms with Crippen LogP contribution >= 0.6 is 11.8 Å². The van der Waals surface area contributed by atoms with Gasteiger partial charge in [-0.15, -0.1) is 45.1 Å². The molecule has 246 valence electrons. The average molecular weight is 841 g/mol. The maximum atomic E-state index is 8.10. The van der Waals surface area contributed by atoms with E-state index in [0.717, 1.165) is 54.4 Å². The summed E-state index contributed by atoms with van der Waals surface area (Å²) in [5.41, 5.74) is 9.55. The van der Waals surface area contributed by atoms with E-state index >= 15 is 0 Å². The SMILES string of the molecule is [2H]C([2H])([2H])N1CN(c2[c-]c(Sc3[c-]c4c(cc3)c3ccccc3n4-c3cc(-c4c(C(C)C)cccc4C(C)C)ccn3)ccc2)c2ccccc21.[Pt+2]. The van der Waals surface area contributed by atoms with Gasteiger partial charge in [-0.3, -0.25) is 0 Å². The third kappa shape index (κ3) is 5.98. The van der Waals surface area contributed by atoms with Crippen molar-refractivity contribution in [3.05, 3.63) is 139 Å². The molecule has 0 fully saturated rings. The van der Waals surface area contributed by atoms with Gasteiger partial charge in [0, 0.05) is 22.8 Å². The molecule has 49 heavy (non-hydrogen) atoms. The van der Waals surface area contributed by atoms with Crippen LogP contribution < -0.4 is 9.80 Å². The van der Waals surface area contributed by atoms with Gasteiger partial charge in [-0.05, 0) is 69.8 Å². The number of nitrogens with zero attached hydrogens (tertiary/aromatic N) is 4. The average Bonchev–Trinajstić information content (AvgIpc) is 3.68. The van der Waals surface area contributed by atoms with Gasteiger partial charge in [0.2, 0.25) is 0 Å². The van der Waals surface area contributed by atoms with Crippen molar-refractivity contribution in [2.45, 2.75) is 49.3 Å². The molecule has 0 N–H and O–H groups in total. The second kappa shape index (κ2) is 13.5. The summed E-state index contributed by atoms with van der Waals surface area (Å²) >= 11 is 1.59. The van der Waals surface area contributed by atoms with E-state index in [9.17, 15) is 0 Å². The normalized spacial score (nSPS) is 13.9. The van der Waals surface area contributed by atoms with Gasteiger partial charge in [0.15, 0.2) is 0 Å². The summed E-state index contributed by atoms with van der Waals surface area (Å²) in [7, 11) is 0. The Labute approximate surface area is 312 Å². The molecule has 8 rings (SSSR count). The van der Waals surface area contributed by atoms with Crippen LogP contribution in [0, 0.1) is 12.1 Å². The van der Waals surface area contributed by atoms with Gasteiger partial charge >= 0.3 is 21.1 Å². The standard InChI is InChI=1S/C43H38N4S.Pt/c1-28(2)34-15-11-16-35(29(3)4)43(34)30-22-23-44-42(24-30)47-38-17-7-6-14-36(38)37-21-20-33(26-41(37)47)48-32-13-10-12-31(25-32)46-27-45(5)39-18-8-9-19-40(39)46;/h6-24,28-29H,27H2,1-5H3;/q-2;+2/i5D3;. The fourth-order valence-corrected chi connectivity index (χ4v) is 7.77. The fraction of sp³-hybridized carbons (Fsp3) is 0.186. The predicted molar refractivity (Wildman–Crippen MR) is 202 cm³/mol. The number of fused-ring (bicyclic) bond motifs is 4. The molecule has 7 aromatic rings. The fourth-order valence-electron chi connectivity index (χ4n) is 6.94. The Hall–Kier alpha value is -4.31. The zero-order valence-electron chi connectivity index (χ0n) is 30.8. The first-order valence-corrected chi connectivity index (χ1v) is 17.3. The number of pyridine rings is 1. The number of hydrogen-bond acceptors (Lipinski definition) is 4. The first-order valence-electron chi connectivity index (χ1n) is 18.0. The monoisotopic (exact) mass is 840 g/mol. The third-order valence-corrected chi connectivity index (χ3v) is 10.1. The first-order chi connectivity index (χ1) is 24.6. The van der Waals surface area contributed by atoms with Crippen LogP contribution in [0.3, 0.4) is 0 Å². The van der Waals surface area contributed by atoms with E-state index in [0.29, 0.717) is 17.5 Å². The van der Waals surface area contributed by atoms with Crippen LogP contribution in [0.25, 0.3) is 38.8 Å². The molecule has 4 nitrogen and oxygen atoms in total. The van der Waals surface area contributed by atoms with E-state index in [1.165, 1.54) is 21.6 Å². The molecular weight excluding hydrogens is 800 g/mol. The van der Waals surface area contributed by atoms with Crippen LogP contribution in [0.15, 0.2) is 125 Å². The number of para-hydroxylation sites is 3. The zero-order chi connectivity index (χ0) is 35.4. The van der Waals surface area contributed by atoms with Crippen molar-refractivity contribution in [1.82, 2.24) is 9.55 Å². The minimum absolute atomic E-state index is 0. The maximum Gasteiger partial charge on any atom is 2.00 e. The quantitative estimate of drug-likeness (QED) is 0.149. The van der Waals surface area contributed by atoms with Gasteiger partial charge in [-0.2, -0.15) is 24.3 Å². The van der Waals surface area contributed by atoms with Gasteiger partial charge in [-0.1, -0.05) is 87.4 Å². The van der Waals surface area contributed by atoms with Gasteiger partial charge in [0.1, 0.15) is 5.82 Å². The van der Waals surface area contributed by atoms with Crippen LogP contribution in [-0.4, -0.2) is 23.2 Å². The van der Waals surface area contributed by atoms with E-state index < -0.39 is 6.98 Å². The molecule has 3 heterocycles. The molecule has 0 spiro atoms. The number of anilines is 3. The number of rotatable bonds is 7. The molecule has 0 aliphatic carbocycles. The molecule has 0 amide bonds. The summed E-state index contributed by atoms with van der Waals surface area (Å²) in [6, 6.07) is 44.8. The minimum atomic E-state index is -2.25. The molecular formula is C43H38N4PtS. The zero-order valence-corrected chi connectivity index (χ0v) is 30.9. The second-order valence-electron chi connectivity index (χ2n) is 12.9. The van der Waals surface area contributed by atoms with E-state index in [-0.39, 0.29) is 27.7 Å². The van der Waals surface area contributed by atoms with Crippen molar-refractivity contribution < 1.29 is 25.2 Å². The maximum absolute atomic E-state index is 8.10. The molecule has 0 unspecified atom stereocenters. The summed E-state index contributed by atoms with van der Waals surface area (Å²) in [5, 5.41) is 2.27. The number of hydrogen-bond donors (Lipinski definition) is 0. The molecule has 0 saturated carbocycles. The van der Waals surface area contributed by atoms with Crippen molar-refractivity contribution in [1.29, 1.82) is 0 Å². The summed E-state index contributed by atoms with van der Waals surface area (Å²) in [6.07, 6.45) is 1.93. The van der Waals surface area contributed by atoms with Crippen LogP contribution in [0.5, 0.6) is 0 Å². The molecule has 0 radical (unpaired) electrons. The molecule has 1 aliphatic heterocycles. The molecule has 5 aromatic carbocycles. The largest absolute Gasteiger partial charge is 2.00 e. The Bertz CT molecular complexity index is 2390. The van der Waals surface area contributed by atoms with Crippen LogP contribution in [0.1, 0.15) is 54.8 Å². The number of benzene rings is 5. The van der Waals surface area contributed by atoms with E-state index in [4.69, 9.17) is 9.10 Å². The first kappa shape index (κ1) is 29.6. The molecule has 2 aromatic heterocycles. The summed E-state index contributed by atoms with van der Waals surface area (Å²) < 4.78 is 26.5. The van der Waals surface area contributed by atoms with Gasteiger partial charge < -0.3 is 14.4 Å². The Morgan fingerprint density at radius 1 is 0.735 bits per heavy atom. The molecule has 1 aliphatic rings. The van der Waals surface area contributed by atoms with Crippen molar-refractivity contribution in [2.24, 2.45) is 0 Å². The van der Waals surface area contributed by atoms with E-state index in [2.05, 4.69) is 111 Å². The molecule has 0 saturated heterocycles.